The summed E-state index contributed by atoms with van der Waals surface area (Å²) in [6.07, 6.45) is 0.947. The summed E-state index contributed by atoms with van der Waals surface area (Å²) in [5.74, 6) is 1.77. The van der Waals surface area contributed by atoms with E-state index in [1.807, 2.05) is 30.3 Å². The zero-order valence-corrected chi connectivity index (χ0v) is 13.4. The van der Waals surface area contributed by atoms with Crippen molar-refractivity contribution < 1.29 is 9.47 Å². The number of halogens is 2. The van der Waals surface area contributed by atoms with Crippen LogP contribution in [-0.4, -0.2) is 13.7 Å². The number of benzene rings is 2. The van der Waals surface area contributed by atoms with Crippen molar-refractivity contribution in [1.82, 2.24) is 0 Å². The highest BCUT2D eigenvalue weighted by Gasteiger charge is 2.19. The van der Waals surface area contributed by atoms with Gasteiger partial charge in [-0.05, 0) is 35.4 Å². The zero-order chi connectivity index (χ0) is 14.1. The molecule has 1 atom stereocenters. The fourth-order valence-corrected chi connectivity index (χ4v) is 3.13. The van der Waals surface area contributed by atoms with Gasteiger partial charge in [-0.25, -0.2) is 0 Å². The maximum absolute atomic E-state index is 6.65. The molecule has 1 aliphatic rings. The molecule has 1 aliphatic heterocycles. The first-order valence-corrected chi connectivity index (χ1v) is 7.65. The monoisotopic (exact) mass is 352 g/mol. The van der Waals surface area contributed by atoms with E-state index in [9.17, 15) is 0 Å². The molecule has 0 saturated heterocycles. The molecule has 104 valence electrons. The minimum atomic E-state index is -0.242. The molecule has 0 bridgehead atoms. The first kappa shape index (κ1) is 13.8. The van der Waals surface area contributed by atoms with Crippen molar-refractivity contribution in [3.05, 3.63) is 57.6 Å². The van der Waals surface area contributed by atoms with Crippen molar-refractivity contribution in [3.8, 4) is 11.5 Å². The Labute approximate surface area is 131 Å². The third kappa shape index (κ3) is 2.52. The van der Waals surface area contributed by atoms with Crippen molar-refractivity contribution in [3.63, 3.8) is 0 Å². The maximum atomic E-state index is 6.65. The quantitative estimate of drug-likeness (QED) is 0.743. The van der Waals surface area contributed by atoms with E-state index in [0.717, 1.165) is 40.1 Å². The molecule has 0 radical (unpaired) electrons. The molecule has 20 heavy (non-hydrogen) atoms. The van der Waals surface area contributed by atoms with Crippen LogP contribution in [0.1, 0.15) is 22.1 Å². The van der Waals surface area contributed by atoms with Crippen molar-refractivity contribution in [2.24, 2.45) is 0 Å². The fraction of sp³-hybridized carbons (Fsp3) is 0.250. The van der Waals surface area contributed by atoms with Gasteiger partial charge in [0.25, 0.3) is 0 Å². The van der Waals surface area contributed by atoms with Crippen LogP contribution in [0, 0.1) is 0 Å². The molecular formula is C16H14BrClO2. The second kappa shape index (κ2) is 5.66. The summed E-state index contributed by atoms with van der Waals surface area (Å²) in [6, 6.07) is 12.0. The van der Waals surface area contributed by atoms with Gasteiger partial charge in [-0.3, -0.25) is 0 Å². The van der Waals surface area contributed by atoms with Crippen LogP contribution in [0.15, 0.2) is 40.9 Å². The van der Waals surface area contributed by atoms with E-state index in [2.05, 4.69) is 22.0 Å². The SMILES string of the molecule is COc1ccc(Br)cc1C(Cl)c1ccc2c(c1)CCO2. The van der Waals surface area contributed by atoms with Gasteiger partial charge in [0, 0.05) is 16.5 Å². The minimum Gasteiger partial charge on any atom is -0.496 e. The summed E-state index contributed by atoms with van der Waals surface area (Å²) in [5, 5.41) is -0.242. The Morgan fingerprint density at radius 2 is 2.10 bits per heavy atom. The summed E-state index contributed by atoms with van der Waals surface area (Å²) >= 11 is 10.1. The lowest BCUT2D eigenvalue weighted by Gasteiger charge is -2.15. The van der Waals surface area contributed by atoms with E-state index in [0.29, 0.717) is 0 Å². The van der Waals surface area contributed by atoms with Gasteiger partial charge in [0.15, 0.2) is 0 Å². The van der Waals surface area contributed by atoms with Crippen LogP contribution in [0.2, 0.25) is 0 Å². The van der Waals surface area contributed by atoms with Gasteiger partial charge in [0.2, 0.25) is 0 Å². The van der Waals surface area contributed by atoms with Crippen LogP contribution in [-0.2, 0) is 6.42 Å². The van der Waals surface area contributed by atoms with Gasteiger partial charge < -0.3 is 9.47 Å². The van der Waals surface area contributed by atoms with E-state index in [1.165, 1.54) is 5.56 Å². The summed E-state index contributed by atoms with van der Waals surface area (Å²) in [6.45, 7) is 0.756. The third-order valence-corrected chi connectivity index (χ3v) is 4.45. The zero-order valence-electron chi connectivity index (χ0n) is 11.0. The van der Waals surface area contributed by atoms with Crippen molar-refractivity contribution in [2.75, 3.05) is 13.7 Å². The van der Waals surface area contributed by atoms with Gasteiger partial charge in [0.1, 0.15) is 11.5 Å². The van der Waals surface area contributed by atoms with Crippen molar-refractivity contribution in [2.45, 2.75) is 11.8 Å². The number of methoxy groups -OCH3 is 1. The molecule has 0 fully saturated rings. The molecule has 3 rings (SSSR count). The molecule has 0 amide bonds. The summed E-state index contributed by atoms with van der Waals surface area (Å²) < 4.78 is 11.9. The third-order valence-electron chi connectivity index (χ3n) is 3.47. The number of hydrogen-bond acceptors (Lipinski definition) is 2. The Morgan fingerprint density at radius 1 is 1.25 bits per heavy atom. The topological polar surface area (TPSA) is 18.5 Å². The average molecular weight is 354 g/mol. The molecule has 2 aromatic rings. The highest BCUT2D eigenvalue weighted by molar-refractivity contribution is 9.10. The molecule has 2 nitrogen and oxygen atoms in total. The molecule has 2 aromatic carbocycles. The predicted molar refractivity (Wildman–Crippen MR) is 84.0 cm³/mol. The number of alkyl halides is 1. The van der Waals surface area contributed by atoms with E-state index >= 15 is 0 Å². The average Bonchev–Trinajstić information content (AvgIpc) is 2.93. The van der Waals surface area contributed by atoms with Crippen LogP contribution >= 0.6 is 27.5 Å². The van der Waals surface area contributed by atoms with E-state index in [-0.39, 0.29) is 5.38 Å². The summed E-state index contributed by atoms with van der Waals surface area (Å²) in [4.78, 5) is 0. The Balaban J connectivity index is 2.00. The molecular weight excluding hydrogens is 340 g/mol. The van der Waals surface area contributed by atoms with Gasteiger partial charge in [-0.1, -0.05) is 28.1 Å². The van der Waals surface area contributed by atoms with Crippen molar-refractivity contribution >= 4 is 27.5 Å². The van der Waals surface area contributed by atoms with E-state index < -0.39 is 0 Å². The minimum absolute atomic E-state index is 0.242. The first-order valence-electron chi connectivity index (χ1n) is 6.42. The number of rotatable bonds is 3. The second-order valence-electron chi connectivity index (χ2n) is 4.71. The Hall–Kier alpha value is -1.19. The lowest BCUT2D eigenvalue weighted by Crippen LogP contribution is -1.98. The van der Waals surface area contributed by atoms with Crippen LogP contribution in [0.5, 0.6) is 11.5 Å². The first-order chi connectivity index (χ1) is 9.69. The van der Waals surface area contributed by atoms with Crippen molar-refractivity contribution in [1.29, 1.82) is 0 Å². The molecule has 0 aromatic heterocycles. The van der Waals surface area contributed by atoms with E-state index in [4.69, 9.17) is 21.1 Å². The standard InChI is InChI=1S/C16H14BrClO2/c1-19-15-5-3-12(17)9-13(15)16(18)11-2-4-14-10(8-11)6-7-20-14/h2-5,8-9,16H,6-7H2,1H3. The molecule has 0 spiro atoms. The summed E-state index contributed by atoms with van der Waals surface area (Å²) in [5.41, 5.74) is 3.25. The summed E-state index contributed by atoms with van der Waals surface area (Å²) in [7, 11) is 1.66. The molecule has 0 aliphatic carbocycles. The second-order valence-corrected chi connectivity index (χ2v) is 6.07. The fourth-order valence-electron chi connectivity index (χ4n) is 2.45. The molecule has 1 heterocycles. The van der Waals surface area contributed by atoms with Gasteiger partial charge in [-0.15, -0.1) is 11.6 Å². The highest BCUT2D eigenvalue weighted by Crippen LogP contribution is 2.38. The molecule has 4 heteroatoms. The molecule has 0 saturated carbocycles. The van der Waals surface area contributed by atoms with Gasteiger partial charge >= 0.3 is 0 Å². The number of hydrogen-bond donors (Lipinski definition) is 0. The lowest BCUT2D eigenvalue weighted by molar-refractivity contribution is 0.357. The number of ether oxygens (including phenoxy) is 2. The predicted octanol–water partition coefficient (Wildman–Crippen LogP) is 4.72. The Kier molecular flexibility index (Phi) is 3.90. The number of fused-ring (bicyclic) bond motifs is 1. The maximum Gasteiger partial charge on any atom is 0.123 e. The van der Waals surface area contributed by atoms with Crippen LogP contribution in [0.25, 0.3) is 0 Å². The molecule has 0 N–H and O–H groups in total. The van der Waals surface area contributed by atoms with E-state index in [1.54, 1.807) is 7.11 Å². The Bertz CT molecular complexity index is 642. The normalized spacial score (nSPS) is 14.6. The lowest BCUT2D eigenvalue weighted by atomic mass is 10.0. The van der Waals surface area contributed by atoms with Crippen LogP contribution < -0.4 is 9.47 Å². The largest absolute Gasteiger partial charge is 0.496 e. The van der Waals surface area contributed by atoms with Gasteiger partial charge in [-0.2, -0.15) is 0 Å². The van der Waals surface area contributed by atoms with Crippen LogP contribution in [0.3, 0.4) is 0 Å². The Morgan fingerprint density at radius 3 is 2.90 bits per heavy atom. The van der Waals surface area contributed by atoms with Gasteiger partial charge in [0.05, 0.1) is 19.1 Å². The smallest absolute Gasteiger partial charge is 0.123 e. The molecule has 1 unspecified atom stereocenters. The highest BCUT2D eigenvalue weighted by atomic mass is 79.9. The van der Waals surface area contributed by atoms with Crippen LogP contribution in [0.4, 0.5) is 0 Å².